The van der Waals surface area contributed by atoms with Gasteiger partial charge in [0.15, 0.2) is 0 Å². The highest BCUT2D eigenvalue weighted by molar-refractivity contribution is 5.21. The minimum atomic E-state index is -0.389. The zero-order valence-electron chi connectivity index (χ0n) is 19.8. The molecule has 2 fully saturated rings. The number of aliphatic hydroxyl groups excluding tert-OH is 2. The number of morpholine rings is 1. The van der Waals surface area contributed by atoms with Gasteiger partial charge in [0.2, 0.25) is 0 Å². The van der Waals surface area contributed by atoms with Crippen LogP contribution in [0.15, 0.2) is 23.8 Å². The van der Waals surface area contributed by atoms with E-state index in [0.717, 1.165) is 65.2 Å². The van der Waals surface area contributed by atoms with Crippen LogP contribution >= 0.6 is 0 Å². The lowest BCUT2D eigenvalue weighted by molar-refractivity contribution is 0.0375. The third-order valence-electron chi connectivity index (χ3n) is 7.48. The van der Waals surface area contributed by atoms with Gasteiger partial charge in [0.05, 0.1) is 25.4 Å². The van der Waals surface area contributed by atoms with Crippen LogP contribution in [0.3, 0.4) is 0 Å². The lowest BCUT2D eigenvalue weighted by Gasteiger charge is -2.26. The van der Waals surface area contributed by atoms with Crippen molar-refractivity contribution in [3.8, 4) is 0 Å². The number of allylic oxidation sites excluding steroid dienone is 1. The molecule has 0 aromatic rings. The van der Waals surface area contributed by atoms with E-state index < -0.39 is 0 Å². The maximum atomic E-state index is 10.6. The molecule has 6 atom stereocenters. The Morgan fingerprint density at radius 2 is 2.10 bits per heavy atom. The molecule has 0 bridgehead atoms. The maximum absolute atomic E-state index is 10.6. The summed E-state index contributed by atoms with van der Waals surface area (Å²) in [4.78, 5) is 2.49. The molecule has 178 valence electrons. The van der Waals surface area contributed by atoms with Crippen molar-refractivity contribution < 1.29 is 14.9 Å². The van der Waals surface area contributed by atoms with E-state index in [-0.39, 0.29) is 18.1 Å². The Hall–Kier alpha value is -0.720. The Kier molecular flexibility index (Phi) is 10.5. The Morgan fingerprint density at radius 3 is 2.87 bits per heavy atom. The van der Waals surface area contributed by atoms with Gasteiger partial charge in [-0.25, -0.2) is 0 Å². The number of fused-ring (bicyclic) bond motifs is 1. The molecule has 0 amide bonds. The molecule has 31 heavy (non-hydrogen) atoms. The fourth-order valence-corrected chi connectivity index (χ4v) is 5.66. The van der Waals surface area contributed by atoms with Crippen LogP contribution < -0.4 is 5.32 Å². The zero-order chi connectivity index (χ0) is 22.1. The third kappa shape index (κ3) is 7.97. The molecule has 5 heteroatoms. The Balaban J connectivity index is 1.35. The molecule has 5 nitrogen and oxygen atoms in total. The van der Waals surface area contributed by atoms with Gasteiger partial charge in [0, 0.05) is 25.6 Å². The van der Waals surface area contributed by atoms with Crippen LogP contribution in [0.4, 0.5) is 0 Å². The molecule has 1 heterocycles. The number of nitrogens with zero attached hydrogens (tertiary/aromatic N) is 1. The van der Waals surface area contributed by atoms with E-state index in [1.165, 1.54) is 31.3 Å². The van der Waals surface area contributed by atoms with E-state index in [9.17, 15) is 10.2 Å². The van der Waals surface area contributed by atoms with E-state index in [1.807, 2.05) is 6.08 Å². The van der Waals surface area contributed by atoms with Crippen molar-refractivity contribution in [1.29, 1.82) is 0 Å². The topological polar surface area (TPSA) is 65.0 Å². The average Bonchev–Trinajstić information content (AvgIpc) is 3.27. The summed E-state index contributed by atoms with van der Waals surface area (Å²) in [6.07, 6.45) is 13.4. The van der Waals surface area contributed by atoms with Gasteiger partial charge in [-0.15, -0.1) is 0 Å². The van der Waals surface area contributed by atoms with Gasteiger partial charge in [0.25, 0.3) is 0 Å². The normalized spacial score (nSPS) is 31.2. The summed E-state index contributed by atoms with van der Waals surface area (Å²) >= 11 is 0. The molecule has 0 spiro atoms. The SMILES string of the molecule is CCCC[C@H](C)C[C@H](O)C=C[C@@H]1[C@H]2CC(CNCCCN3CCOCC3)=C[C@H]2C[C@H]1O. The maximum Gasteiger partial charge on any atom is 0.0723 e. The molecule has 1 aliphatic heterocycles. The van der Waals surface area contributed by atoms with Crippen molar-refractivity contribution >= 4 is 0 Å². The summed E-state index contributed by atoms with van der Waals surface area (Å²) in [7, 11) is 0. The molecule has 0 radical (unpaired) electrons. The van der Waals surface area contributed by atoms with Crippen LogP contribution in [0.25, 0.3) is 0 Å². The molecular formula is C26H46N2O3. The predicted octanol–water partition coefficient (Wildman–Crippen LogP) is 3.38. The minimum Gasteiger partial charge on any atom is -0.392 e. The molecule has 1 saturated carbocycles. The van der Waals surface area contributed by atoms with Crippen molar-refractivity contribution in [1.82, 2.24) is 10.2 Å². The summed E-state index contributed by atoms with van der Waals surface area (Å²) in [6.45, 7) is 11.5. The van der Waals surface area contributed by atoms with Gasteiger partial charge in [-0.2, -0.15) is 0 Å². The van der Waals surface area contributed by atoms with E-state index in [1.54, 1.807) is 0 Å². The van der Waals surface area contributed by atoms with Crippen molar-refractivity contribution in [3.63, 3.8) is 0 Å². The largest absolute Gasteiger partial charge is 0.392 e. The second-order valence-corrected chi connectivity index (χ2v) is 10.2. The molecule has 3 N–H and O–H groups in total. The van der Waals surface area contributed by atoms with Gasteiger partial charge in [-0.3, -0.25) is 4.90 Å². The summed E-state index contributed by atoms with van der Waals surface area (Å²) in [6, 6.07) is 0. The molecule has 0 aromatic heterocycles. The lowest BCUT2D eigenvalue weighted by Crippen LogP contribution is -2.37. The minimum absolute atomic E-state index is 0.181. The van der Waals surface area contributed by atoms with E-state index in [4.69, 9.17) is 4.74 Å². The molecule has 3 rings (SSSR count). The van der Waals surface area contributed by atoms with Crippen LogP contribution in [0.2, 0.25) is 0 Å². The summed E-state index contributed by atoms with van der Waals surface area (Å²) in [5.41, 5.74) is 1.50. The highest BCUT2D eigenvalue weighted by atomic mass is 16.5. The third-order valence-corrected chi connectivity index (χ3v) is 7.48. The average molecular weight is 435 g/mol. The van der Waals surface area contributed by atoms with Crippen molar-refractivity contribution in [2.45, 2.75) is 71.0 Å². The van der Waals surface area contributed by atoms with E-state index in [0.29, 0.717) is 17.8 Å². The van der Waals surface area contributed by atoms with Crippen LogP contribution in [0, 0.1) is 23.7 Å². The summed E-state index contributed by atoms with van der Waals surface area (Å²) in [5, 5.41) is 24.6. The van der Waals surface area contributed by atoms with Gasteiger partial charge >= 0.3 is 0 Å². The van der Waals surface area contributed by atoms with Crippen LogP contribution in [-0.4, -0.2) is 73.3 Å². The molecule has 1 saturated heterocycles. The van der Waals surface area contributed by atoms with E-state index in [2.05, 4.69) is 36.2 Å². The number of nitrogens with one attached hydrogen (secondary N) is 1. The number of ether oxygens (including phenoxy) is 1. The second-order valence-electron chi connectivity index (χ2n) is 10.2. The molecule has 3 aliphatic rings. The summed E-state index contributed by atoms with van der Waals surface area (Å²) in [5.74, 6) is 1.73. The highest BCUT2D eigenvalue weighted by Crippen LogP contribution is 2.47. The second kappa shape index (κ2) is 13.1. The first-order chi connectivity index (χ1) is 15.1. The number of rotatable bonds is 13. The number of hydrogen-bond acceptors (Lipinski definition) is 5. The molecule has 2 aliphatic carbocycles. The highest BCUT2D eigenvalue weighted by Gasteiger charge is 2.43. The van der Waals surface area contributed by atoms with Crippen molar-refractivity contribution in [2.75, 3.05) is 45.9 Å². The Morgan fingerprint density at radius 1 is 1.29 bits per heavy atom. The number of aliphatic hydroxyl groups is 2. The van der Waals surface area contributed by atoms with Crippen LogP contribution in [-0.2, 0) is 4.74 Å². The zero-order valence-corrected chi connectivity index (χ0v) is 19.8. The lowest BCUT2D eigenvalue weighted by atomic mass is 9.88. The van der Waals surface area contributed by atoms with Gasteiger partial charge in [0.1, 0.15) is 0 Å². The molecule has 0 aromatic carbocycles. The Labute approximate surface area is 189 Å². The standard InChI is InChI=1S/C26H46N2O3/c1-3-4-6-20(2)15-23(29)7-8-24-25-17-21(16-22(25)18-26(24)30)19-27-9-5-10-28-11-13-31-14-12-28/h7-8,16,20,22-27,29-30H,3-6,9-15,17-19H2,1-2H3/t20-,22-,23+,24+,25-,26+/m0/s1. The van der Waals surface area contributed by atoms with Gasteiger partial charge in [-0.1, -0.05) is 56.9 Å². The van der Waals surface area contributed by atoms with Crippen LogP contribution in [0.5, 0.6) is 0 Å². The quantitative estimate of drug-likeness (QED) is 0.306. The molecular weight excluding hydrogens is 388 g/mol. The van der Waals surface area contributed by atoms with Crippen molar-refractivity contribution in [3.05, 3.63) is 23.8 Å². The first-order valence-corrected chi connectivity index (χ1v) is 12.8. The predicted molar refractivity (Wildman–Crippen MR) is 127 cm³/mol. The Bertz CT molecular complexity index is 573. The monoisotopic (exact) mass is 434 g/mol. The van der Waals surface area contributed by atoms with Crippen LogP contribution in [0.1, 0.15) is 58.8 Å². The van der Waals surface area contributed by atoms with Crippen molar-refractivity contribution in [2.24, 2.45) is 23.7 Å². The number of hydrogen-bond donors (Lipinski definition) is 3. The first-order valence-electron chi connectivity index (χ1n) is 12.8. The van der Waals surface area contributed by atoms with E-state index >= 15 is 0 Å². The van der Waals surface area contributed by atoms with Gasteiger partial charge < -0.3 is 20.3 Å². The number of unbranched alkanes of at least 4 members (excludes halogenated alkanes) is 1. The fraction of sp³-hybridized carbons (Fsp3) is 0.846. The van der Waals surface area contributed by atoms with Gasteiger partial charge in [-0.05, 0) is 56.5 Å². The first kappa shape index (κ1) is 24.9. The summed E-state index contributed by atoms with van der Waals surface area (Å²) < 4.78 is 5.41. The fourth-order valence-electron chi connectivity index (χ4n) is 5.66. The molecule has 0 unspecified atom stereocenters. The smallest absolute Gasteiger partial charge is 0.0723 e.